The standard InChI is InChI=1S/C15H12FN3/c16-13-3-1-2-4-14(13)19-15-12-6-5-11(17)9-10(12)7-8-18-15/h1-9H,17H2,(H,18,19). The number of fused-ring (bicyclic) bond motifs is 1. The van der Waals surface area contributed by atoms with Crippen molar-refractivity contribution >= 4 is 28.0 Å². The largest absolute Gasteiger partial charge is 0.399 e. The zero-order chi connectivity index (χ0) is 13.2. The van der Waals surface area contributed by atoms with E-state index in [0.29, 0.717) is 17.2 Å². The molecule has 0 saturated heterocycles. The molecule has 1 heterocycles. The lowest BCUT2D eigenvalue weighted by Gasteiger charge is -2.09. The van der Waals surface area contributed by atoms with Crippen LogP contribution >= 0.6 is 0 Å². The molecule has 0 spiro atoms. The van der Waals surface area contributed by atoms with Crippen molar-refractivity contribution in [3.8, 4) is 0 Å². The summed E-state index contributed by atoms with van der Waals surface area (Å²) in [4.78, 5) is 4.25. The van der Waals surface area contributed by atoms with Crippen molar-refractivity contribution in [2.75, 3.05) is 11.1 Å². The van der Waals surface area contributed by atoms with Crippen LogP contribution in [-0.2, 0) is 0 Å². The van der Waals surface area contributed by atoms with Crippen molar-refractivity contribution in [3.05, 3.63) is 60.5 Å². The van der Waals surface area contributed by atoms with Gasteiger partial charge in [-0.2, -0.15) is 0 Å². The van der Waals surface area contributed by atoms with E-state index in [1.165, 1.54) is 6.07 Å². The van der Waals surface area contributed by atoms with Crippen molar-refractivity contribution in [2.45, 2.75) is 0 Å². The Labute approximate surface area is 109 Å². The summed E-state index contributed by atoms with van der Waals surface area (Å²) >= 11 is 0. The van der Waals surface area contributed by atoms with Gasteiger partial charge in [0.1, 0.15) is 11.6 Å². The first-order valence-electron chi connectivity index (χ1n) is 5.90. The summed E-state index contributed by atoms with van der Waals surface area (Å²) in [6, 6.07) is 13.9. The zero-order valence-corrected chi connectivity index (χ0v) is 10.1. The van der Waals surface area contributed by atoms with E-state index in [1.54, 1.807) is 30.5 Å². The molecule has 0 aliphatic rings. The number of nitrogen functional groups attached to an aromatic ring is 1. The molecule has 0 aliphatic heterocycles. The molecule has 0 saturated carbocycles. The predicted molar refractivity (Wildman–Crippen MR) is 75.8 cm³/mol. The third-order valence-electron chi connectivity index (χ3n) is 2.92. The third kappa shape index (κ3) is 2.20. The molecule has 0 fully saturated rings. The molecule has 0 bridgehead atoms. The Kier molecular flexibility index (Phi) is 2.76. The number of nitrogens with two attached hydrogens (primary N) is 1. The minimum absolute atomic E-state index is 0.309. The lowest BCUT2D eigenvalue weighted by Crippen LogP contribution is -1.97. The van der Waals surface area contributed by atoms with Crippen LogP contribution < -0.4 is 11.1 Å². The zero-order valence-electron chi connectivity index (χ0n) is 10.1. The Morgan fingerprint density at radius 3 is 2.74 bits per heavy atom. The molecule has 3 aromatic rings. The fourth-order valence-corrected chi connectivity index (χ4v) is 1.99. The predicted octanol–water partition coefficient (Wildman–Crippen LogP) is 3.70. The lowest BCUT2D eigenvalue weighted by molar-refractivity contribution is 0.632. The number of rotatable bonds is 2. The highest BCUT2D eigenvalue weighted by atomic mass is 19.1. The summed E-state index contributed by atoms with van der Waals surface area (Å²) < 4.78 is 13.6. The third-order valence-corrected chi connectivity index (χ3v) is 2.92. The number of benzene rings is 2. The molecule has 3 nitrogen and oxygen atoms in total. The van der Waals surface area contributed by atoms with Gasteiger partial charge in [-0.3, -0.25) is 0 Å². The molecule has 94 valence electrons. The van der Waals surface area contributed by atoms with Crippen LogP contribution in [0.2, 0.25) is 0 Å². The van der Waals surface area contributed by atoms with Gasteiger partial charge in [0.15, 0.2) is 0 Å². The Morgan fingerprint density at radius 2 is 1.89 bits per heavy atom. The normalized spacial score (nSPS) is 10.6. The van der Waals surface area contributed by atoms with Gasteiger partial charge >= 0.3 is 0 Å². The average Bonchev–Trinajstić information content (AvgIpc) is 2.41. The summed E-state index contributed by atoms with van der Waals surface area (Å²) in [5.74, 6) is 0.305. The van der Waals surface area contributed by atoms with Gasteiger partial charge < -0.3 is 11.1 Å². The van der Waals surface area contributed by atoms with Crippen LogP contribution in [0.1, 0.15) is 0 Å². The Hall–Kier alpha value is -2.62. The van der Waals surface area contributed by atoms with Gasteiger partial charge in [0.2, 0.25) is 0 Å². The number of hydrogen-bond acceptors (Lipinski definition) is 3. The summed E-state index contributed by atoms with van der Waals surface area (Å²) in [6.07, 6.45) is 1.67. The van der Waals surface area contributed by atoms with Crippen molar-refractivity contribution in [2.24, 2.45) is 0 Å². The van der Waals surface area contributed by atoms with Crippen molar-refractivity contribution in [3.63, 3.8) is 0 Å². The van der Waals surface area contributed by atoms with Crippen molar-refractivity contribution < 1.29 is 4.39 Å². The van der Waals surface area contributed by atoms with Gasteiger partial charge in [0.05, 0.1) is 5.69 Å². The maximum absolute atomic E-state index is 13.6. The molecule has 1 aromatic heterocycles. The van der Waals surface area contributed by atoms with Gasteiger partial charge in [-0.15, -0.1) is 0 Å². The molecule has 0 atom stereocenters. The van der Waals surface area contributed by atoms with Crippen LogP contribution in [0.3, 0.4) is 0 Å². The lowest BCUT2D eigenvalue weighted by atomic mass is 10.1. The monoisotopic (exact) mass is 253 g/mol. The number of anilines is 3. The van der Waals surface area contributed by atoms with Crippen molar-refractivity contribution in [1.82, 2.24) is 4.98 Å². The van der Waals surface area contributed by atoms with E-state index in [9.17, 15) is 4.39 Å². The molecular formula is C15H12FN3. The van der Waals surface area contributed by atoms with Gasteiger partial charge in [0.25, 0.3) is 0 Å². The highest BCUT2D eigenvalue weighted by Crippen LogP contribution is 2.26. The Balaban J connectivity index is 2.09. The average molecular weight is 253 g/mol. The molecule has 3 N–H and O–H groups in total. The first-order valence-corrected chi connectivity index (χ1v) is 5.90. The van der Waals surface area contributed by atoms with Crippen molar-refractivity contribution in [1.29, 1.82) is 0 Å². The fraction of sp³-hybridized carbons (Fsp3) is 0. The number of aromatic nitrogens is 1. The number of halogens is 1. The maximum atomic E-state index is 13.6. The SMILES string of the molecule is Nc1ccc2c(Nc3ccccc3F)nccc2c1. The molecule has 0 amide bonds. The van der Waals surface area contributed by atoms with Gasteiger partial charge in [-0.05, 0) is 41.8 Å². The highest BCUT2D eigenvalue weighted by Gasteiger charge is 2.05. The summed E-state index contributed by atoms with van der Waals surface area (Å²) in [6.45, 7) is 0. The summed E-state index contributed by atoms with van der Waals surface area (Å²) in [5.41, 5.74) is 6.84. The van der Waals surface area contributed by atoms with E-state index in [-0.39, 0.29) is 5.82 Å². The minimum Gasteiger partial charge on any atom is -0.399 e. The first-order chi connectivity index (χ1) is 9.24. The number of nitrogens with zero attached hydrogens (tertiary/aromatic N) is 1. The number of pyridine rings is 1. The van der Waals surface area contributed by atoms with E-state index in [1.807, 2.05) is 18.2 Å². The maximum Gasteiger partial charge on any atom is 0.146 e. The topological polar surface area (TPSA) is 50.9 Å². The highest BCUT2D eigenvalue weighted by molar-refractivity contribution is 5.94. The van der Waals surface area contributed by atoms with Crippen LogP contribution in [0, 0.1) is 5.82 Å². The van der Waals surface area contributed by atoms with E-state index < -0.39 is 0 Å². The molecule has 19 heavy (non-hydrogen) atoms. The number of nitrogens with one attached hydrogen (secondary N) is 1. The van der Waals surface area contributed by atoms with E-state index in [0.717, 1.165) is 10.8 Å². The quantitative estimate of drug-likeness (QED) is 0.685. The van der Waals surface area contributed by atoms with Gasteiger partial charge in [-0.1, -0.05) is 12.1 Å². The minimum atomic E-state index is -0.309. The van der Waals surface area contributed by atoms with E-state index in [4.69, 9.17) is 5.73 Å². The molecule has 3 rings (SSSR count). The van der Waals surface area contributed by atoms with E-state index in [2.05, 4.69) is 10.3 Å². The van der Waals surface area contributed by atoms with Crippen LogP contribution in [0.5, 0.6) is 0 Å². The van der Waals surface area contributed by atoms with Crippen LogP contribution in [-0.4, -0.2) is 4.98 Å². The molecule has 0 radical (unpaired) electrons. The van der Waals surface area contributed by atoms with E-state index >= 15 is 0 Å². The summed E-state index contributed by atoms with van der Waals surface area (Å²) in [7, 11) is 0. The molecule has 2 aromatic carbocycles. The van der Waals surface area contributed by atoms with Gasteiger partial charge in [-0.25, -0.2) is 9.37 Å². The van der Waals surface area contributed by atoms with Crippen LogP contribution in [0.25, 0.3) is 10.8 Å². The second kappa shape index (κ2) is 4.57. The Bertz CT molecular complexity index is 740. The van der Waals surface area contributed by atoms with Crippen LogP contribution in [0.15, 0.2) is 54.7 Å². The second-order valence-electron chi connectivity index (χ2n) is 4.24. The molecule has 0 unspecified atom stereocenters. The number of para-hydroxylation sites is 1. The number of hydrogen-bond donors (Lipinski definition) is 2. The van der Waals surface area contributed by atoms with Crippen LogP contribution in [0.4, 0.5) is 21.6 Å². The first kappa shape index (κ1) is 11.5. The Morgan fingerprint density at radius 1 is 1.05 bits per heavy atom. The van der Waals surface area contributed by atoms with Gasteiger partial charge in [0, 0.05) is 17.3 Å². The molecule has 0 aliphatic carbocycles. The summed E-state index contributed by atoms with van der Waals surface area (Å²) in [5, 5.41) is 4.88. The fourth-order valence-electron chi connectivity index (χ4n) is 1.99. The smallest absolute Gasteiger partial charge is 0.146 e. The second-order valence-corrected chi connectivity index (χ2v) is 4.24. The molecular weight excluding hydrogens is 241 g/mol. The molecule has 4 heteroatoms.